The molecule has 6 nitrogen and oxygen atoms in total. The van der Waals surface area contributed by atoms with Gasteiger partial charge in [-0.25, -0.2) is 18.5 Å². The Kier molecular flexibility index (Phi) is 3.51. The number of halogens is 1. The minimum Gasteiger partial charge on any atom is -0.232 e. The third kappa shape index (κ3) is 3.10. The van der Waals surface area contributed by atoms with Crippen LogP contribution in [0.4, 0.5) is 4.11 Å². The Hall–Kier alpha value is -1.71. The van der Waals surface area contributed by atoms with Crippen molar-refractivity contribution in [1.29, 1.82) is 0 Å². The number of carbonyl (C=O) groups excluding carboxylic acids is 3. The van der Waals surface area contributed by atoms with E-state index in [0.29, 0.717) is 0 Å². The van der Waals surface area contributed by atoms with Crippen molar-refractivity contribution in [3.05, 3.63) is 0 Å². The van der Waals surface area contributed by atoms with Crippen LogP contribution >= 0.6 is 0 Å². The van der Waals surface area contributed by atoms with E-state index in [1.807, 2.05) is 0 Å². The molecule has 0 amide bonds. The molecule has 0 aromatic heterocycles. The maximum atomic E-state index is 12.6. The van der Waals surface area contributed by atoms with E-state index in [4.69, 9.17) is 0 Å². The van der Waals surface area contributed by atoms with Crippen LogP contribution in [0.1, 0.15) is 0 Å². The lowest BCUT2D eigenvalue weighted by molar-refractivity contribution is 0.562. The molecule has 0 saturated heterocycles. The normalized spacial score (nSPS) is 12.8. The van der Waals surface area contributed by atoms with Crippen molar-refractivity contribution in [2.45, 2.75) is 0 Å². The average molecular weight is 173 g/mol. The number of nitrogens with zero attached hydrogens (tertiary/aromatic N) is 3. The molecule has 0 rings (SSSR count). The van der Waals surface area contributed by atoms with E-state index >= 15 is 0 Å². The first kappa shape index (κ1) is 9.29. The zero-order chi connectivity index (χ0) is 8.74. The fourth-order valence-electron chi connectivity index (χ4n) is 0.249. The largest absolute Gasteiger partial charge is 0.672 e. The van der Waals surface area contributed by atoms with Crippen molar-refractivity contribution in [3.63, 3.8) is 0 Å². The molecule has 11 heavy (non-hydrogen) atoms. The van der Waals surface area contributed by atoms with Crippen molar-refractivity contribution in [3.8, 4) is 0 Å². The molecule has 0 aromatic carbocycles. The maximum absolute atomic E-state index is 12.6. The summed E-state index contributed by atoms with van der Waals surface area (Å²) in [7, 11) is -4.65. The molecule has 56 valence electrons. The summed E-state index contributed by atoms with van der Waals surface area (Å²) < 4.78 is 20.0. The van der Waals surface area contributed by atoms with Crippen molar-refractivity contribution in [1.82, 2.24) is 0 Å². The third-order valence-electron chi connectivity index (χ3n) is 0.564. The van der Waals surface area contributed by atoms with Crippen LogP contribution in [-0.2, 0) is 14.4 Å². The number of hydrogen-bond acceptors (Lipinski definition) is 6. The molecule has 0 fully saturated rings. The molecule has 0 aliphatic heterocycles. The highest BCUT2D eigenvalue weighted by Gasteiger charge is 2.37. The fraction of sp³-hybridized carbons (Fsp3) is 0. The predicted molar refractivity (Wildman–Crippen MR) is 31.2 cm³/mol. The first-order valence-corrected chi connectivity index (χ1v) is 3.86. The molecule has 0 spiro atoms. The first-order chi connectivity index (χ1) is 5.18. The summed E-state index contributed by atoms with van der Waals surface area (Å²) in [6.45, 7) is 0. The van der Waals surface area contributed by atoms with Crippen molar-refractivity contribution >= 4 is 27.1 Å². The molecule has 0 radical (unpaired) electrons. The van der Waals surface area contributed by atoms with E-state index in [2.05, 4.69) is 14.0 Å². The second kappa shape index (κ2) is 4.16. The van der Waals surface area contributed by atoms with E-state index < -0.39 is 8.89 Å². The topological polar surface area (TPSA) is 88.3 Å². The standard InChI is InChI=1S/C3FN3O3Si/c4-11(5-1-8,6-2-9)7-3-10. The Bertz CT molecular complexity index is 241. The van der Waals surface area contributed by atoms with Gasteiger partial charge in [-0.2, -0.15) is 14.0 Å². The van der Waals surface area contributed by atoms with Gasteiger partial charge in [0, 0.05) is 0 Å². The Labute approximate surface area is 60.6 Å². The van der Waals surface area contributed by atoms with Gasteiger partial charge in [0.2, 0.25) is 18.2 Å². The van der Waals surface area contributed by atoms with Gasteiger partial charge in [-0.05, 0) is 0 Å². The highest BCUT2D eigenvalue weighted by Crippen LogP contribution is 2.06. The lowest BCUT2D eigenvalue weighted by Gasteiger charge is -1.93. The van der Waals surface area contributed by atoms with Gasteiger partial charge in [-0.15, -0.1) is 0 Å². The molecule has 0 N–H and O–H groups in total. The highest BCUT2D eigenvalue weighted by atomic mass is 28.4. The molecular weight excluding hydrogens is 173 g/mol. The van der Waals surface area contributed by atoms with Crippen molar-refractivity contribution < 1.29 is 18.5 Å². The summed E-state index contributed by atoms with van der Waals surface area (Å²) in [6, 6.07) is 0. The van der Waals surface area contributed by atoms with Gasteiger partial charge >= 0.3 is 8.89 Å². The Balaban J connectivity index is 4.94. The summed E-state index contributed by atoms with van der Waals surface area (Å²) in [5.41, 5.74) is 0. The summed E-state index contributed by atoms with van der Waals surface area (Å²) in [6.07, 6.45) is 2.38. The van der Waals surface area contributed by atoms with Crippen molar-refractivity contribution in [2.75, 3.05) is 0 Å². The lowest BCUT2D eigenvalue weighted by Crippen LogP contribution is -2.20. The van der Waals surface area contributed by atoms with E-state index in [1.54, 1.807) is 0 Å². The van der Waals surface area contributed by atoms with Gasteiger partial charge in [0.05, 0.1) is 0 Å². The zero-order valence-electron chi connectivity index (χ0n) is 4.94. The highest BCUT2D eigenvalue weighted by molar-refractivity contribution is 6.69. The fourth-order valence-corrected chi connectivity index (χ4v) is 0.748. The quantitative estimate of drug-likeness (QED) is 0.247. The van der Waals surface area contributed by atoms with Gasteiger partial charge in [0.1, 0.15) is 0 Å². The second-order valence-electron chi connectivity index (χ2n) is 1.16. The van der Waals surface area contributed by atoms with Crippen LogP contribution in [-0.4, -0.2) is 27.1 Å². The van der Waals surface area contributed by atoms with Gasteiger partial charge in [0.15, 0.2) is 0 Å². The summed E-state index contributed by atoms with van der Waals surface area (Å²) >= 11 is 0. The Morgan fingerprint density at radius 1 is 0.909 bits per heavy atom. The van der Waals surface area contributed by atoms with Crippen LogP contribution in [0.25, 0.3) is 0 Å². The summed E-state index contributed by atoms with van der Waals surface area (Å²) in [5.74, 6) is 0. The maximum Gasteiger partial charge on any atom is 0.672 e. The molecule has 0 bridgehead atoms. The van der Waals surface area contributed by atoms with Crippen LogP contribution in [0.15, 0.2) is 14.0 Å². The van der Waals surface area contributed by atoms with Crippen LogP contribution in [0.5, 0.6) is 0 Å². The molecule has 0 atom stereocenters. The van der Waals surface area contributed by atoms with E-state index in [1.165, 1.54) is 0 Å². The predicted octanol–water partition coefficient (Wildman–Crippen LogP) is -0.601. The monoisotopic (exact) mass is 173 g/mol. The minimum absolute atomic E-state index is 0.794. The van der Waals surface area contributed by atoms with Crippen LogP contribution < -0.4 is 0 Å². The average Bonchev–Trinajstić information content (AvgIpc) is 1.88. The van der Waals surface area contributed by atoms with E-state index in [9.17, 15) is 18.5 Å². The Morgan fingerprint density at radius 2 is 1.18 bits per heavy atom. The second-order valence-corrected chi connectivity index (χ2v) is 2.94. The first-order valence-electron chi connectivity index (χ1n) is 2.14. The molecule has 0 heterocycles. The summed E-state index contributed by atoms with van der Waals surface area (Å²) in [5, 5.41) is 0. The summed E-state index contributed by atoms with van der Waals surface area (Å²) in [4.78, 5) is 28.5. The Morgan fingerprint density at radius 3 is 1.36 bits per heavy atom. The van der Waals surface area contributed by atoms with Crippen LogP contribution in [0.3, 0.4) is 0 Å². The molecule has 0 aromatic rings. The number of rotatable bonds is 3. The van der Waals surface area contributed by atoms with Gasteiger partial charge < -0.3 is 0 Å². The lowest BCUT2D eigenvalue weighted by atomic mass is 11.7. The molecule has 0 aliphatic rings. The molecular formula is C3FN3O3Si. The van der Waals surface area contributed by atoms with E-state index in [-0.39, 0.29) is 0 Å². The molecule has 0 aliphatic carbocycles. The zero-order valence-corrected chi connectivity index (χ0v) is 5.94. The SMILES string of the molecule is O=C=N[Si](F)(N=C=O)N=C=O. The number of isocyanates is 3. The third-order valence-corrected chi connectivity index (χ3v) is 1.69. The van der Waals surface area contributed by atoms with Crippen molar-refractivity contribution in [2.24, 2.45) is 14.0 Å². The number of hydrogen-bond donors (Lipinski definition) is 0. The molecule has 0 saturated carbocycles. The van der Waals surface area contributed by atoms with E-state index in [0.717, 1.165) is 18.2 Å². The van der Waals surface area contributed by atoms with Gasteiger partial charge in [-0.1, -0.05) is 0 Å². The molecule has 0 unspecified atom stereocenters. The molecule has 8 heteroatoms. The van der Waals surface area contributed by atoms with Gasteiger partial charge in [0.25, 0.3) is 0 Å². The smallest absolute Gasteiger partial charge is 0.232 e. The van der Waals surface area contributed by atoms with Gasteiger partial charge in [-0.3, -0.25) is 0 Å². The minimum atomic E-state index is -4.65. The van der Waals surface area contributed by atoms with Crippen LogP contribution in [0.2, 0.25) is 0 Å². The van der Waals surface area contributed by atoms with Crippen LogP contribution in [0, 0.1) is 0 Å².